The second-order valence-corrected chi connectivity index (χ2v) is 3.02. The van der Waals surface area contributed by atoms with Gasteiger partial charge in [-0.3, -0.25) is 5.26 Å². The first kappa shape index (κ1) is 10.8. The van der Waals surface area contributed by atoms with Crippen LogP contribution >= 0.6 is 0 Å². The van der Waals surface area contributed by atoms with Crippen molar-refractivity contribution in [2.24, 2.45) is 0 Å². The molecule has 0 bridgehead atoms. The quantitative estimate of drug-likeness (QED) is 0.451. The Balaban J connectivity index is 2.61. The zero-order valence-corrected chi connectivity index (χ0v) is 8.23. The highest BCUT2D eigenvalue weighted by atomic mass is 17.1. The Kier molecular flexibility index (Phi) is 4.77. The minimum atomic E-state index is -0.375. The smallest absolute Gasteiger partial charge is 0.153 e. The third-order valence-corrected chi connectivity index (χ3v) is 1.83. The van der Waals surface area contributed by atoms with Crippen LogP contribution in [0, 0.1) is 11.8 Å². The lowest BCUT2D eigenvalue weighted by Crippen LogP contribution is -2.06. The van der Waals surface area contributed by atoms with Gasteiger partial charge < -0.3 is 0 Å². The normalized spacial score (nSPS) is 11.6. The average Bonchev–Trinajstić information content (AvgIpc) is 2.25. The minimum absolute atomic E-state index is 0.375. The third kappa shape index (κ3) is 3.61. The molecule has 0 saturated carbocycles. The molecule has 0 heterocycles. The molecule has 2 heteroatoms. The van der Waals surface area contributed by atoms with Crippen LogP contribution in [0.3, 0.4) is 0 Å². The third-order valence-electron chi connectivity index (χ3n) is 1.83. The molecule has 2 nitrogen and oxygen atoms in total. The van der Waals surface area contributed by atoms with Crippen LogP contribution in [0.15, 0.2) is 30.3 Å². The zero-order valence-electron chi connectivity index (χ0n) is 8.23. The van der Waals surface area contributed by atoms with Gasteiger partial charge in [0.05, 0.1) is 0 Å². The largest absolute Gasteiger partial charge is 0.251 e. The first-order valence-corrected chi connectivity index (χ1v) is 4.73. The molecule has 0 amide bonds. The van der Waals surface area contributed by atoms with Gasteiger partial charge in [-0.2, -0.15) is 0 Å². The Morgan fingerprint density at radius 2 is 2.07 bits per heavy atom. The number of hydrogen-bond donors (Lipinski definition) is 1. The fourth-order valence-electron chi connectivity index (χ4n) is 1.10. The van der Waals surface area contributed by atoms with Gasteiger partial charge in [0.25, 0.3) is 0 Å². The van der Waals surface area contributed by atoms with E-state index in [-0.39, 0.29) is 6.10 Å². The van der Waals surface area contributed by atoms with Gasteiger partial charge in [-0.05, 0) is 18.6 Å². The van der Waals surface area contributed by atoms with E-state index in [4.69, 9.17) is 5.26 Å². The fourth-order valence-corrected chi connectivity index (χ4v) is 1.10. The van der Waals surface area contributed by atoms with E-state index in [2.05, 4.69) is 16.7 Å². The van der Waals surface area contributed by atoms with E-state index in [1.807, 2.05) is 37.3 Å². The van der Waals surface area contributed by atoms with Gasteiger partial charge in [0.2, 0.25) is 0 Å². The highest BCUT2D eigenvalue weighted by Gasteiger charge is 2.01. The van der Waals surface area contributed by atoms with E-state index < -0.39 is 0 Å². The van der Waals surface area contributed by atoms with Crippen LogP contribution in [-0.4, -0.2) is 11.4 Å². The summed E-state index contributed by atoms with van der Waals surface area (Å²) in [6.07, 6.45) is 1.31. The summed E-state index contributed by atoms with van der Waals surface area (Å²) in [4.78, 5) is 4.24. The predicted octanol–water partition coefficient (Wildman–Crippen LogP) is 2.70. The average molecular weight is 190 g/mol. The van der Waals surface area contributed by atoms with Crippen molar-refractivity contribution in [1.82, 2.24) is 0 Å². The van der Waals surface area contributed by atoms with Gasteiger partial charge in [0.1, 0.15) is 0 Å². The van der Waals surface area contributed by atoms with Crippen LogP contribution in [0.25, 0.3) is 0 Å². The van der Waals surface area contributed by atoms with Gasteiger partial charge in [-0.1, -0.05) is 43.4 Å². The SMILES string of the molecule is CCCC(C#Cc1ccccc1)OO. The van der Waals surface area contributed by atoms with Crippen LogP contribution in [0.4, 0.5) is 0 Å². The molecule has 0 aliphatic rings. The Morgan fingerprint density at radius 1 is 1.36 bits per heavy atom. The van der Waals surface area contributed by atoms with Gasteiger partial charge in [0, 0.05) is 5.56 Å². The second kappa shape index (κ2) is 6.20. The van der Waals surface area contributed by atoms with Crippen molar-refractivity contribution in [3.8, 4) is 11.8 Å². The molecule has 0 aliphatic carbocycles. The van der Waals surface area contributed by atoms with E-state index in [1.54, 1.807) is 0 Å². The molecule has 74 valence electrons. The Labute approximate surface area is 84.5 Å². The molecule has 0 saturated heterocycles. The van der Waals surface area contributed by atoms with Crippen molar-refractivity contribution in [3.05, 3.63) is 35.9 Å². The monoisotopic (exact) mass is 190 g/mol. The molecule has 1 N–H and O–H groups in total. The summed E-state index contributed by atoms with van der Waals surface area (Å²) in [7, 11) is 0. The summed E-state index contributed by atoms with van der Waals surface area (Å²) < 4.78 is 0. The maximum Gasteiger partial charge on any atom is 0.153 e. The van der Waals surface area contributed by atoms with Crippen molar-refractivity contribution in [1.29, 1.82) is 0 Å². The Morgan fingerprint density at radius 3 is 2.64 bits per heavy atom. The summed E-state index contributed by atoms with van der Waals surface area (Å²) in [5, 5.41) is 8.53. The van der Waals surface area contributed by atoms with Crippen LogP contribution < -0.4 is 0 Å². The minimum Gasteiger partial charge on any atom is -0.251 e. The second-order valence-electron chi connectivity index (χ2n) is 3.02. The van der Waals surface area contributed by atoms with Crippen molar-refractivity contribution < 1.29 is 10.1 Å². The van der Waals surface area contributed by atoms with Crippen LogP contribution in [0.1, 0.15) is 25.3 Å². The molecule has 0 fully saturated rings. The Bertz CT molecular complexity index is 308. The summed E-state index contributed by atoms with van der Waals surface area (Å²) in [6.45, 7) is 2.02. The summed E-state index contributed by atoms with van der Waals surface area (Å²) in [6, 6.07) is 9.65. The molecule has 1 atom stereocenters. The van der Waals surface area contributed by atoms with E-state index in [0.717, 1.165) is 18.4 Å². The van der Waals surface area contributed by atoms with E-state index in [9.17, 15) is 0 Å². The molecule has 14 heavy (non-hydrogen) atoms. The summed E-state index contributed by atoms with van der Waals surface area (Å²) in [5.74, 6) is 5.81. The molecule has 0 aromatic heterocycles. The fraction of sp³-hybridized carbons (Fsp3) is 0.333. The molecular weight excluding hydrogens is 176 g/mol. The lowest BCUT2D eigenvalue weighted by atomic mass is 10.2. The summed E-state index contributed by atoms with van der Waals surface area (Å²) in [5.41, 5.74) is 0.936. The Hall–Kier alpha value is -1.30. The van der Waals surface area contributed by atoms with Crippen molar-refractivity contribution in [2.45, 2.75) is 25.9 Å². The maximum absolute atomic E-state index is 8.53. The standard InChI is InChI=1S/C12H14O2/c1-2-6-12(14-13)10-9-11-7-4-3-5-8-11/h3-5,7-8,12-13H,2,6H2,1H3. The maximum atomic E-state index is 8.53. The van der Waals surface area contributed by atoms with E-state index in [1.165, 1.54) is 0 Å². The lowest BCUT2D eigenvalue weighted by Gasteiger charge is -2.02. The first-order valence-electron chi connectivity index (χ1n) is 4.73. The number of benzene rings is 1. The van der Waals surface area contributed by atoms with E-state index >= 15 is 0 Å². The van der Waals surface area contributed by atoms with E-state index in [0.29, 0.717) is 0 Å². The molecule has 0 aliphatic heterocycles. The summed E-state index contributed by atoms with van der Waals surface area (Å²) >= 11 is 0. The van der Waals surface area contributed by atoms with Crippen LogP contribution in [-0.2, 0) is 4.89 Å². The molecule has 0 spiro atoms. The molecular formula is C12H14O2. The predicted molar refractivity (Wildman–Crippen MR) is 55.7 cm³/mol. The number of hydrogen-bond acceptors (Lipinski definition) is 2. The molecule has 1 rings (SSSR count). The number of rotatable bonds is 3. The van der Waals surface area contributed by atoms with Gasteiger partial charge in [0.15, 0.2) is 6.10 Å². The van der Waals surface area contributed by atoms with Gasteiger partial charge >= 0.3 is 0 Å². The molecule has 1 aromatic carbocycles. The van der Waals surface area contributed by atoms with Crippen molar-refractivity contribution in [2.75, 3.05) is 0 Å². The topological polar surface area (TPSA) is 29.5 Å². The van der Waals surface area contributed by atoms with Gasteiger partial charge in [-0.15, -0.1) is 0 Å². The van der Waals surface area contributed by atoms with Crippen molar-refractivity contribution in [3.63, 3.8) is 0 Å². The van der Waals surface area contributed by atoms with Crippen molar-refractivity contribution >= 4 is 0 Å². The highest BCUT2D eigenvalue weighted by Crippen LogP contribution is 2.00. The first-order chi connectivity index (χ1) is 6.86. The van der Waals surface area contributed by atoms with Crippen LogP contribution in [0.5, 0.6) is 0 Å². The lowest BCUT2D eigenvalue weighted by molar-refractivity contribution is -0.264. The molecule has 1 unspecified atom stereocenters. The molecule has 1 aromatic rings. The highest BCUT2D eigenvalue weighted by molar-refractivity contribution is 5.34. The molecule has 0 radical (unpaired) electrons. The van der Waals surface area contributed by atoms with Crippen LogP contribution in [0.2, 0.25) is 0 Å². The zero-order chi connectivity index (χ0) is 10.2. The van der Waals surface area contributed by atoms with Gasteiger partial charge in [-0.25, -0.2) is 4.89 Å².